The van der Waals surface area contributed by atoms with E-state index in [-0.39, 0.29) is 17.9 Å². The summed E-state index contributed by atoms with van der Waals surface area (Å²) in [6, 6.07) is 10.1. The topological polar surface area (TPSA) is 68.1 Å². The minimum Gasteiger partial charge on any atom is -0.320 e. The van der Waals surface area contributed by atoms with E-state index in [1.54, 1.807) is 0 Å². The highest BCUT2D eigenvalue weighted by molar-refractivity contribution is 5.96. The molecule has 2 fully saturated rings. The average molecular weight is 300 g/mol. The Bertz CT molecular complexity index is 557. The van der Waals surface area contributed by atoms with Crippen molar-refractivity contribution in [3.05, 3.63) is 35.9 Å². The van der Waals surface area contributed by atoms with E-state index in [1.807, 2.05) is 37.4 Å². The molecule has 1 saturated carbocycles. The summed E-state index contributed by atoms with van der Waals surface area (Å²) in [5, 5.41) is 6.32. The van der Waals surface area contributed by atoms with Crippen LogP contribution in [0.5, 0.6) is 0 Å². The molecule has 1 aromatic carbocycles. The minimum atomic E-state index is -0.497. The van der Waals surface area contributed by atoms with Crippen LogP contribution in [0.25, 0.3) is 0 Å². The van der Waals surface area contributed by atoms with Gasteiger partial charge >= 0.3 is 0 Å². The van der Waals surface area contributed by atoms with Crippen LogP contribution >= 0.6 is 0 Å². The maximum atomic E-state index is 13.1. The van der Waals surface area contributed by atoms with Crippen molar-refractivity contribution < 1.29 is 9.59 Å². The fourth-order valence-electron chi connectivity index (χ4n) is 3.73. The number of carbonyl (C=O) groups excluding carboxylic acids is 2. The molecule has 3 unspecified atom stereocenters. The standard InChI is InChI=1S/C18H24N2O2/c1-19-11-5-9-18(13-6-3-2-4-7-13)10-8-15(21)17-14(20-17)12-16(18)22/h2-4,6-7,14,17,19-20H,5,8-12H2,1H3. The molecule has 1 aliphatic heterocycles. The second kappa shape index (κ2) is 6.31. The molecule has 0 spiro atoms. The Morgan fingerprint density at radius 2 is 2.05 bits per heavy atom. The van der Waals surface area contributed by atoms with Crippen LogP contribution in [-0.2, 0) is 15.0 Å². The van der Waals surface area contributed by atoms with E-state index < -0.39 is 5.41 Å². The van der Waals surface area contributed by atoms with Gasteiger partial charge in [-0.3, -0.25) is 9.59 Å². The second-order valence-corrected chi connectivity index (χ2v) is 6.50. The van der Waals surface area contributed by atoms with Gasteiger partial charge in [-0.2, -0.15) is 0 Å². The minimum absolute atomic E-state index is 0.0602. The average Bonchev–Trinajstić information content (AvgIpc) is 3.29. The molecule has 22 heavy (non-hydrogen) atoms. The van der Waals surface area contributed by atoms with Crippen LogP contribution in [0.2, 0.25) is 0 Å². The maximum absolute atomic E-state index is 13.1. The maximum Gasteiger partial charge on any atom is 0.151 e. The SMILES string of the molecule is CNCCCC1(c2ccccc2)CCC(=O)C2NC2CC1=O. The van der Waals surface area contributed by atoms with Crippen molar-refractivity contribution in [2.24, 2.45) is 0 Å². The summed E-state index contributed by atoms with van der Waals surface area (Å²) < 4.78 is 0. The van der Waals surface area contributed by atoms with E-state index in [9.17, 15) is 9.59 Å². The van der Waals surface area contributed by atoms with E-state index in [1.165, 1.54) is 0 Å². The van der Waals surface area contributed by atoms with Crippen molar-refractivity contribution in [2.45, 2.75) is 49.6 Å². The monoisotopic (exact) mass is 300 g/mol. The van der Waals surface area contributed by atoms with E-state index >= 15 is 0 Å². The van der Waals surface area contributed by atoms with Crippen LogP contribution in [-0.4, -0.2) is 37.2 Å². The Balaban J connectivity index is 1.91. The normalized spacial score (nSPS) is 31.3. The van der Waals surface area contributed by atoms with E-state index in [0.29, 0.717) is 25.0 Å². The number of Topliss-reactive ketones (excluding diaryl/α,β-unsaturated/α-hetero) is 2. The van der Waals surface area contributed by atoms with Gasteiger partial charge in [-0.25, -0.2) is 0 Å². The van der Waals surface area contributed by atoms with Crippen molar-refractivity contribution in [1.82, 2.24) is 10.6 Å². The molecule has 3 atom stereocenters. The molecular weight excluding hydrogens is 276 g/mol. The third kappa shape index (κ3) is 2.85. The zero-order valence-electron chi connectivity index (χ0n) is 13.1. The van der Waals surface area contributed by atoms with Gasteiger partial charge in [0.2, 0.25) is 0 Å². The van der Waals surface area contributed by atoms with Crippen molar-refractivity contribution in [3.63, 3.8) is 0 Å². The number of carbonyl (C=O) groups is 2. The van der Waals surface area contributed by atoms with Crippen LogP contribution < -0.4 is 10.6 Å². The van der Waals surface area contributed by atoms with Gasteiger partial charge < -0.3 is 10.6 Å². The Morgan fingerprint density at radius 1 is 1.27 bits per heavy atom. The van der Waals surface area contributed by atoms with Crippen LogP contribution in [0.1, 0.15) is 37.7 Å². The van der Waals surface area contributed by atoms with Gasteiger partial charge in [0.15, 0.2) is 5.78 Å². The van der Waals surface area contributed by atoms with Gasteiger partial charge in [0.25, 0.3) is 0 Å². The van der Waals surface area contributed by atoms with Gasteiger partial charge in [-0.05, 0) is 38.4 Å². The number of hydrogen-bond acceptors (Lipinski definition) is 4. The zero-order valence-corrected chi connectivity index (χ0v) is 13.1. The van der Waals surface area contributed by atoms with Gasteiger partial charge in [-0.1, -0.05) is 30.3 Å². The predicted octanol–water partition coefficient (Wildman–Crippen LogP) is 1.59. The number of fused-ring (bicyclic) bond motifs is 1. The molecule has 0 bridgehead atoms. The predicted molar refractivity (Wildman–Crippen MR) is 85.9 cm³/mol. The number of hydrogen-bond donors (Lipinski definition) is 2. The first-order valence-electron chi connectivity index (χ1n) is 8.19. The smallest absolute Gasteiger partial charge is 0.151 e. The molecule has 118 valence electrons. The number of rotatable bonds is 5. The van der Waals surface area contributed by atoms with Crippen molar-refractivity contribution in [3.8, 4) is 0 Å². The summed E-state index contributed by atoms with van der Waals surface area (Å²) in [6.45, 7) is 0.889. The Kier molecular flexibility index (Phi) is 4.41. The second-order valence-electron chi connectivity index (χ2n) is 6.50. The summed E-state index contributed by atoms with van der Waals surface area (Å²) in [7, 11) is 1.93. The van der Waals surface area contributed by atoms with Crippen molar-refractivity contribution >= 4 is 11.6 Å². The van der Waals surface area contributed by atoms with Gasteiger partial charge in [0, 0.05) is 18.9 Å². The lowest BCUT2D eigenvalue weighted by Gasteiger charge is -2.34. The molecule has 3 rings (SSSR count). The number of benzene rings is 1. The molecule has 2 aliphatic rings. The first-order valence-corrected chi connectivity index (χ1v) is 8.19. The Labute approximate surface area is 131 Å². The van der Waals surface area contributed by atoms with Gasteiger partial charge in [0.1, 0.15) is 5.78 Å². The van der Waals surface area contributed by atoms with Crippen LogP contribution in [0.3, 0.4) is 0 Å². The molecule has 0 radical (unpaired) electrons. The molecular formula is C18H24N2O2. The van der Waals surface area contributed by atoms with Gasteiger partial charge in [-0.15, -0.1) is 0 Å². The van der Waals surface area contributed by atoms with E-state index in [0.717, 1.165) is 24.9 Å². The molecule has 1 aliphatic carbocycles. The number of nitrogens with one attached hydrogen (secondary N) is 2. The molecule has 0 aromatic heterocycles. The Hall–Kier alpha value is -1.52. The summed E-state index contributed by atoms with van der Waals surface area (Å²) in [5.74, 6) is 0.564. The fourth-order valence-corrected chi connectivity index (χ4v) is 3.73. The van der Waals surface area contributed by atoms with Crippen LogP contribution in [0.15, 0.2) is 30.3 Å². The molecule has 2 N–H and O–H groups in total. The fraction of sp³-hybridized carbons (Fsp3) is 0.556. The molecule has 0 amide bonds. The van der Waals surface area contributed by atoms with E-state index in [2.05, 4.69) is 10.6 Å². The lowest BCUT2D eigenvalue weighted by molar-refractivity contribution is -0.127. The van der Waals surface area contributed by atoms with Gasteiger partial charge in [0.05, 0.1) is 11.5 Å². The molecule has 4 heteroatoms. The van der Waals surface area contributed by atoms with Crippen molar-refractivity contribution in [1.29, 1.82) is 0 Å². The lowest BCUT2D eigenvalue weighted by atomic mass is 9.67. The highest BCUT2D eigenvalue weighted by Crippen LogP contribution is 2.40. The molecule has 1 saturated heterocycles. The zero-order chi connectivity index (χ0) is 15.6. The lowest BCUT2D eigenvalue weighted by Crippen LogP contribution is -2.40. The van der Waals surface area contributed by atoms with Crippen molar-refractivity contribution in [2.75, 3.05) is 13.6 Å². The summed E-state index contributed by atoms with van der Waals surface area (Å²) in [5.41, 5.74) is 0.575. The molecule has 1 heterocycles. The molecule has 1 aromatic rings. The quantitative estimate of drug-likeness (QED) is 0.640. The first-order chi connectivity index (χ1) is 10.7. The van der Waals surface area contributed by atoms with Crippen LogP contribution in [0, 0.1) is 0 Å². The summed E-state index contributed by atoms with van der Waals surface area (Å²) in [4.78, 5) is 25.2. The van der Waals surface area contributed by atoms with Crippen LogP contribution in [0.4, 0.5) is 0 Å². The van der Waals surface area contributed by atoms with E-state index in [4.69, 9.17) is 0 Å². The third-order valence-corrected chi connectivity index (χ3v) is 5.13. The highest BCUT2D eigenvalue weighted by Gasteiger charge is 2.50. The first kappa shape index (κ1) is 15.4. The Morgan fingerprint density at radius 3 is 2.77 bits per heavy atom. The summed E-state index contributed by atoms with van der Waals surface area (Å²) >= 11 is 0. The third-order valence-electron chi connectivity index (χ3n) is 5.13. The largest absolute Gasteiger partial charge is 0.320 e. The number of ketones is 2. The highest BCUT2D eigenvalue weighted by atomic mass is 16.1. The summed E-state index contributed by atoms with van der Waals surface area (Å²) in [6.07, 6.45) is 3.36. The molecule has 4 nitrogen and oxygen atoms in total.